The van der Waals surface area contributed by atoms with Crippen LogP contribution < -0.4 is 10.1 Å². The summed E-state index contributed by atoms with van der Waals surface area (Å²) in [5.41, 5.74) is 0.618. The number of nitrogens with one attached hydrogen (secondary N) is 1. The van der Waals surface area contributed by atoms with Crippen LogP contribution in [0.15, 0.2) is 24.3 Å². The molecule has 0 heterocycles. The highest BCUT2D eigenvalue weighted by Gasteiger charge is 2.13. The number of amides is 2. The summed E-state index contributed by atoms with van der Waals surface area (Å²) in [5, 5.41) is 2.63. The lowest BCUT2D eigenvalue weighted by Crippen LogP contribution is -2.34. The third-order valence-corrected chi connectivity index (χ3v) is 3.64. The summed E-state index contributed by atoms with van der Waals surface area (Å²) in [6, 6.07) is 6.87. The van der Waals surface area contributed by atoms with Crippen LogP contribution in [0.25, 0.3) is 0 Å². The Hall–Kier alpha value is -1.69. The number of ether oxygens (including phenoxy) is 1. The van der Waals surface area contributed by atoms with Crippen LogP contribution in [0.2, 0.25) is 0 Å². The first-order valence-corrected chi connectivity index (χ1v) is 8.59. The molecule has 0 spiro atoms. The molecule has 0 radical (unpaired) electrons. The number of unbranched alkanes of at least 4 members (excludes halogenated alkanes) is 1. The van der Waals surface area contributed by atoms with Gasteiger partial charge in [-0.25, -0.2) is 4.79 Å². The van der Waals surface area contributed by atoms with Crippen molar-refractivity contribution in [1.82, 2.24) is 4.90 Å². The number of carbonyl (C=O) groups excluding carboxylic acids is 2. The first kappa shape index (κ1) is 18.4. The van der Waals surface area contributed by atoms with E-state index in [1.54, 1.807) is 29.2 Å². The predicted molar refractivity (Wildman–Crippen MR) is 91.8 cm³/mol. The normalized spacial score (nSPS) is 10.1. The molecule has 0 bridgehead atoms. The van der Waals surface area contributed by atoms with Gasteiger partial charge in [-0.05, 0) is 31.2 Å². The van der Waals surface area contributed by atoms with Gasteiger partial charge in [-0.15, -0.1) is 0 Å². The summed E-state index contributed by atoms with van der Waals surface area (Å²) in [7, 11) is 0. The number of rotatable bonds is 7. The highest BCUT2D eigenvalue weighted by Crippen LogP contribution is 2.19. The van der Waals surface area contributed by atoms with Crippen LogP contribution in [-0.2, 0) is 0 Å². The van der Waals surface area contributed by atoms with Gasteiger partial charge in [0.05, 0.1) is 0 Å². The fourth-order valence-electron chi connectivity index (χ4n) is 1.82. The minimum Gasteiger partial charge on any atom is -0.410 e. The van der Waals surface area contributed by atoms with E-state index in [0.717, 1.165) is 12.8 Å². The fraction of sp³-hybridized carbons (Fsp3) is 0.500. The smallest absolute Gasteiger partial charge is 0.410 e. The molecule has 6 heteroatoms. The molecule has 0 aliphatic rings. The van der Waals surface area contributed by atoms with Gasteiger partial charge < -0.3 is 15.0 Å². The van der Waals surface area contributed by atoms with Gasteiger partial charge >= 0.3 is 6.09 Å². The lowest BCUT2D eigenvalue weighted by molar-refractivity contribution is 0.154. The summed E-state index contributed by atoms with van der Waals surface area (Å²) in [6.45, 7) is 7.23. The summed E-state index contributed by atoms with van der Waals surface area (Å²) in [5.74, 6) is 1.14. The number of carbonyl (C=O) groups is 2. The molecule has 1 N–H and O–H groups in total. The van der Waals surface area contributed by atoms with Crippen molar-refractivity contribution < 1.29 is 14.3 Å². The molecule has 0 saturated carbocycles. The molecule has 0 aliphatic heterocycles. The maximum Gasteiger partial charge on any atom is 0.415 e. The molecular formula is C16H24N2O3S. The highest BCUT2D eigenvalue weighted by atomic mass is 32.2. The van der Waals surface area contributed by atoms with Gasteiger partial charge in [-0.1, -0.05) is 38.1 Å². The van der Waals surface area contributed by atoms with Crippen LogP contribution in [0, 0.1) is 0 Å². The molecule has 1 rings (SSSR count). The summed E-state index contributed by atoms with van der Waals surface area (Å²) in [4.78, 5) is 25.3. The molecular weight excluding hydrogens is 300 g/mol. The largest absolute Gasteiger partial charge is 0.415 e. The van der Waals surface area contributed by atoms with Gasteiger partial charge in [-0.2, -0.15) is 0 Å². The van der Waals surface area contributed by atoms with Crippen molar-refractivity contribution in [2.45, 2.75) is 33.6 Å². The molecule has 1 aromatic carbocycles. The van der Waals surface area contributed by atoms with Crippen molar-refractivity contribution in [3.05, 3.63) is 24.3 Å². The Balaban J connectivity index is 2.65. The Morgan fingerprint density at radius 2 is 2.05 bits per heavy atom. The topological polar surface area (TPSA) is 58.6 Å². The average Bonchev–Trinajstić information content (AvgIpc) is 2.48. The Kier molecular flexibility index (Phi) is 8.43. The van der Waals surface area contributed by atoms with Crippen molar-refractivity contribution >= 4 is 28.8 Å². The van der Waals surface area contributed by atoms with Gasteiger partial charge in [-0.3, -0.25) is 4.79 Å². The van der Waals surface area contributed by atoms with Gasteiger partial charge in [0.25, 0.3) is 5.24 Å². The molecule has 22 heavy (non-hydrogen) atoms. The summed E-state index contributed by atoms with van der Waals surface area (Å²) >= 11 is 1.20. The van der Waals surface area contributed by atoms with E-state index in [4.69, 9.17) is 4.74 Å². The Labute approximate surface area is 136 Å². The Bertz CT molecular complexity index is 494. The fourth-order valence-corrected chi connectivity index (χ4v) is 2.27. The van der Waals surface area contributed by atoms with E-state index in [0.29, 0.717) is 30.3 Å². The average molecular weight is 324 g/mol. The van der Waals surface area contributed by atoms with Crippen LogP contribution >= 0.6 is 11.8 Å². The summed E-state index contributed by atoms with van der Waals surface area (Å²) < 4.78 is 5.38. The van der Waals surface area contributed by atoms with Crippen molar-refractivity contribution in [2.24, 2.45) is 0 Å². The zero-order valence-corrected chi connectivity index (χ0v) is 14.2. The van der Waals surface area contributed by atoms with Crippen LogP contribution in [0.5, 0.6) is 5.75 Å². The van der Waals surface area contributed by atoms with Crippen molar-refractivity contribution in [3.63, 3.8) is 0 Å². The number of thioether (sulfide) groups is 1. The molecule has 0 fully saturated rings. The number of benzene rings is 1. The first-order chi connectivity index (χ1) is 10.6. The van der Waals surface area contributed by atoms with Gasteiger partial charge in [0.15, 0.2) is 0 Å². The SMILES string of the molecule is CCCCN(CC)C(=O)Oc1cccc(NC(=O)SCC)c1. The van der Waals surface area contributed by atoms with E-state index in [2.05, 4.69) is 12.2 Å². The zero-order valence-electron chi connectivity index (χ0n) is 13.4. The number of hydrogen-bond donors (Lipinski definition) is 1. The number of nitrogens with zero attached hydrogens (tertiary/aromatic N) is 1. The van der Waals surface area contributed by atoms with E-state index in [-0.39, 0.29) is 11.3 Å². The second-order valence-electron chi connectivity index (χ2n) is 4.67. The molecule has 5 nitrogen and oxygen atoms in total. The predicted octanol–water partition coefficient (Wildman–Crippen LogP) is 4.59. The van der Waals surface area contributed by atoms with Crippen LogP contribution in [0.4, 0.5) is 15.3 Å². The quantitative estimate of drug-likeness (QED) is 0.797. The molecule has 0 saturated heterocycles. The standard InChI is InChI=1S/C16H24N2O3S/c1-4-7-11-18(5-2)16(20)21-14-10-8-9-13(12-14)17-15(19)22-6-3/h8-10,12H,4-7,11H2,1-3H3,(H,17,19). The highest BCUT2D eigenvalue weighted by molar-refractivity contribution is 8.13. The molecule has 2 amide bonds. The van der Waals surface area contributed by atoms with E-state index in [1.165, 1.54) is 11.8 Å². The second kappa shape index (κ2) is 10.1. The lowest BCUT2D eigenvalue weighted by Gasteiger charge is -2.20. The van der Waals surface area contributed by atoms with E-state index < -0.39 is 0 Å². The number of hydrogen-bond acceptors (Lipinski definition) is 4. The first-order valence-electron chi connectivity index (χ1n) is 7.61. The molecule has 122 valence electrons. The monoisotopic (exact) mass is 324 g/mol. The molecule has 0 aromatic heterocycles. The molecule has 0 unspecified atom stereocenters. The molecule has 0 atom stereocenters. The van der Waals surface area contributed by atoms with E-state index in [1.807, 2.05) is 13.8 Å². The minimum atomic E-state index is -0.359. The van der Waals surface area contributed by atoms with E-state index >= 15 is 0 Å². The van der Waals surface area contributed by atoms with Crippen LogP contribution in [0.3, 0.4) is 0 Å². The van der Waals surface area contributed by atoms with Crippen LogP contribution in [-0.4, -0.2) is 35.1 Å². The van der Waals surface area contributed by atoms with Crippen LogP contribution in [0.1, 0.15) is 33.6 Å². The van der Waals surface area contributed by atoms with E-state index in [9.17, 15) is 9.59 Å². The van der Waals surface area contributed by atoms with Gasteiger partial charge in [0.2, 0.25) is 0 Å². The maximum absolute atomic E-state index is 12.1. The van der Waals surface area contributed by atoms with Crippen molar-refractivity contribution in [1.29, 1.82) is 0 Å². The van der Waals surface area contributed by atoms with Crippen molar-refractivity contribution in [3.8, 4) is 5.75 Å². The third-order valence-electron chi connectivity index (χ3n) is 2.98. The molecule has 1 aromatic rings. The Morgan fingerprint density at radius 3 is 2.68 bits per heavy atom. The van der Waals surface area contributed by atoms with Gasteiger partial charge in [0, 0.05) is 24.8 Å². The summed E-state index contributed by atoms with van der Waals surface area (Å²) in [6.07, 6.45) is 1.62. The second-order valence-corrected chi connectivity index (χ2v) is 5.91. The Morgan fingerprint density at radius 1 is 1.27 bits per heavy atom. The minimum absolute atomic E-state index is 0.121. The molecule has 0 aliphatic carbocycles. The third kappa shape index (κ3) is 6.39. The zero-order chi connectivity index (χ0) is 16.4. The van der Waals surface area contributed by atoms with Gasteiger partial charge in [0.1, 0.15) is 5.75 Å². The maximum atomic E-state index is 12.1. The van der Waals surface area contributed by atoms with Crippen molar-refractivity contribution in [2.75, 3.05) is 24.2 Å². The number of anilines is 1. The lowest BCUT2D eigenvalue weighted by atomic mass is 10.3.